The van der Waals surface area contributed by atoms with Crippen LogP contribution in [-0.2, 0) is 32.2 Å². The number of ketones is 1. The quantitative estimate of drug-likeness (QED) is 0.541. The van der Waals surface area contributed by atoms with Gasteiger partial charge in [-0.25, -0.2) is 0 Å². The Balaban J connectivity index is 2.42. The van der Waals surface area contributed by atoms with Crippen LogP contribution in [0.5, 0.6) is 0 Å². The summed E-state index contributed by atoms with van der Waals surface area (Å²) in [6, 6.07) is 0. The van der Waals surface area contributed by atoms with Crippen LogP contribution in [-0.4, -0.2) is 52.3 Å². The second-order valence-electron chi connectivity index (χ2n) is 7.31. The molecule has 1 rings (SSSR count). The Morgan fingerprint density at radius 2 is 1.96 bits per heavy atom. The van der Waals surface area contributed by atoms with Crippen LogP contribution in [0.2, 0.25) is 0 Å². The average Bonchev–Trinajstić information content (AvgIpc) is 2.99. The maximum atomic E-state index is 11.1. The molecule has 0 fully saturated rings. The minimum absolute atomic E-state index is 0.0352. The van der Waals surface area contributed by atoms with Crippen molar-refractivity contribution >= 4 is 5.78 Å². The van der Waals surface area contributed by atoms with Crippen LogP contribution in [0.15, 0.2) is 6.20 Å². The molecular formula is C18H33N3O4. The molecule has 7 heteroatoms. The monoisotopic (exact) mass is 355 g/mol. The SMILES string of the molecule is CCC(C)(CCn1cc(COC)nn1)OCCC(C)(C)OCC(C)=O. The van der Waals surface area contributed by atoms with Crippen molar-refractivity contribution in [1.29, 1.82) is 0 Å². The van der Waals surface area contributed by atoms with Crippen LogP contribution in [0.4, 0.5) is 0 Å². The lowest BCUT2D eigenvalue weighted by molar-refractivity contribution is -0.130. The fraction of sp³-hybridized carbons (Fsp3) is 0.833. The van der Waals surface area contributed by atoms with Gasteiger partial charge in [-0.3, -0.25) is 9.48 Å². The van der Waals surface area contributed by atoms with Crippen LogP contribution in [0.3, 0.4) is 0 Å². The summed E-state index contributed by atoms with van der Waals surface area (Å²) < 4.78 is 18.7. The molecule has 1 aromatic rings. The molecule has 0 spiro atoms. The highest BCUT2D eigenvalue weighted by atomic mass is 16.5. The molecule has 0 aliphatic rings. The Kier molecular flexibility index (Phi) is 8.68. The van der Waals surface area contributed by atoms with E-state index in [-0.39, 0.29) is 23.6 Å². The molecule has 0 amide bonds. The largest absolute Gasteiger partial charge is 0.378 e. The summed E-state index contributed by atoms with van der Waals surface area (Å²) in [5.74, 6) is 0.0352. The fourth-order valence-corrected chi connectivity index (χ4v) is 2.28. The van der Waals surface area contributed by atoms with Gasteiger partial charge in [0.15, 0.2) is 5.78 Å². The summed E-state index contributed by atoms with van der Waals surface area (Å²) in [6.07, 6.45) is 4.38. The first kappa shape index (κ1) is 21.7. The van der Waals surface area contributed by atoms with Crippen molar-refractivity contribution in [2.75, 3.05) is 20.3 Å². The van der Waals surface area contributed by atoms with Crippen molar-refractivity contribution in [3.05, 3.63) is 11.9 Å². The maximum Gasteiger partial charge on any atom is 0.155 e. The zero-order chi connectivity index (χ0) is 18.9. The molecular weight excluding hydrogens is 322 g/mol. The molecule has 0 bridgehead atoms. The Labute approximate surface area is 151 Å². The van der Waals surface area contributed by atoms with Gasteiger partial charge in [-0.15, -0.1) is 5.10 Å². The number of hydrogen-bond donors (Lipinski definition) is 0. The third kappa shape index (κ3) is 8.56. The number of hydrogen-bond acceptors (Lipinski definition) is 6. The van der Waals surface area contributed by atoms with Crippen molar-refractivity contribution in [1.82, 2.24) is 15.0 Å². The molecule has 0 radical (unpaired) electrons. The molecule has 0 aliphatic carbocycles. The molecule has 7 nitrogen and oxygen atoms in total. The number of carbonyl (C=O) groups is 1. The second-order valence-corrected chi connectivity index (χ2v) is 7.31. The number of ether oxygens (including phenoxy) is 3. The molecule has 0 N–H and O–H groups in total. The Bertz CT molecular complexity index is 530. The first-order chi connectivity index (χ1) is 11.7. The summed E-state index contributed by atoms with van der Waals surface area (Å²) in [5, 5.41) is 8.18. The number of rotatable bonds is 13. The molecule has 1 heterocycles. The first-order valence-corrected chi connectivity index (χ1v) is 8.85. The third-order valence-electron chi connectivity index (χ3n) is 4.32. The lowest BCUT2D eigenvalue weighted by Crippen LogP contribution is -2.34. The van der Waals surface area contributed by atoms with E-state index in [1.807, 2.05) is 24.7 Å². The number of aryl methyl sites for hydroxylation is 1. The van der Waals surface area contributed by atoms with E-state index in [1.54, 1.807) is 7.11 Å². The smallest absolute Gasteiger partial charge is 0.155 e. The van der Waals surface area contributed by atoms with E-state index in [4.69, 9.17) is 14.2 Å². The zero-order valence-corrected chi connectivity index (χ0v) is 16.5. The number of nitrogens with zero attached hydrogens (tertiary/aromatic N) is 3. The lowest BCUT2D eigenvalue weighted by Gasteiger charge is -2.31. The van der Waals surface area contributed by atoms with Gasteiger partial charge in [0.25, 0.3) is 0 Å². The molecule has 1 atom stereocenters. The second kappa shape index (κ2) is 9.99. The van der Waals surface area contributed by atoms with Gasteiger partial charge in [-0.05, 0) is 47.0 Å². The Morgan fingerprint density at radius 1 is 1.24 bits per heavy atom. The predicted molar refractivity (Wildman–Crippen MR) is 95.3 cm³/mol. The van der Waals surface area contributed by atoms with E-state index in [0.29, 0.717) is 13.2 Å². The van der Waals surface area contributed by atoms with Crippen molar-refractivity contribution in [2.24, 2.45) is 0 Å². The standard InChI is InChI=1S/C18H33N3O4/c1-7-18(5,8-10-21-12-16(14-23-6)19-20-21)24-11-9-17(3,4)25-13-15(2)22/h12H,7-11,13-14H2,1-6H3. The molecule has 0 saturated heterocycles. The summed E-state index contributed by atoms with van der Waals surface area (Å²) in [5.41, 5.74) is 0.219. The fourth-order valence-electron chi connectivity index (χ4n) is 2.28. The molecule has 0 saturated carbocycles. The number of methoxy groups -OCH3 is 1. The van der Waals surface area contributed by atoms with Crippen molar-refractivity contribution in [3.8, 4) is 0 Å². The highest BCUT2D eigenvalue weighted by Crippen LogP contribution is 2.23. The summed E-state index contributed by atoms with van der Waals surface area (Å²) >= 11 is 0. The third-order valence-corrected chi connectivity index (χ3v) is 4.32. The minimum atomic E-state index is -0.374. The molecule has 1 unspecified atom stereocenters. The van der Waals surface area contributed by atoms with Crippen LogP contribution >= 0.6 is 0 Å². The van der Waals surface area contributed by atoms with E-state index < -0.39 is 0 Å². The van der Waals surface area contributed by atoms with Gasteiger partial charge in [0.2, 0.25) is 0 Å². The molecule has 25 heavy (non-hydrogen) atoms. The van der Waals surface area contributed by atoms with Gasteiger partial charge in [0.1, 0.15) is 12.3 Å². The predicted octanol–water partition coefficient (Wildman–Crippen LogP) is 2.77. The van der Waals surface area contributed by atoms with E-state index in [9.17, 15) is 4.79 Å². The number of carbonyl (C=O) groups excluding carboxylic acids is 1. The highest BCUT2D eigenvalue weighted by molar-refractivity contribution is 5.76. The van der Waals surface area contributed by atoms with E-state index in [1.165, 1.54) is 6.92 Å². The topological polar surface area (TPSA) is 75.5 Å². The van der Waals surface area contributed by atoms with Gasteiger partial charge < -0.3 is 14.2 Å². The minimum Gasteiger partial charge on any atom is -0.378 e. The first-order valence-electron chi connectivity index (χ1n) is 8.85. The normalized spacial score (nSPS) is 14.5. The van der Waals surface area contributed by atoms with Gasteiger partial charge >= 0.3 is 0 Å². The van der Waals surface area contributed by atoms with Gasteiger partial charge in [-0.2, -0.15) is 0 Å². The molecule has 0 aromatic carbocycles. The van der Waals surface area contributed by atoms with Gasteiger partial charge in [0.05, 0.1) is 30.6 Å². The van der Waals surface area contributed by atoms with Crippen LogP contribution in [0.1, 0.15) is 59.6 Å². The molecule has 1 aromatic heterocycles. The zero-order valence-electron chi connectivity index (χ0n) is 16.5. The van der Waals surface area contributed by atoms with Crippen molar-refractivity contribution in [2.45, 2.75) is 78.2 Å². The van der Waals surface area contributed by atoms with Crippen LogP contribution in [0.25, 0.3) is 0 Å². The number of aromatic nitrogens is 3. The van der Waals surface area contributed by atoms with E-state index >= 15 is 0 Å². The van der Waals surface area contributed by atoms with Crippen molar-refractivity contribution < 1.29 is 19.0 Å². The summed E-state index contributed by atoms with van der Waals surface area (Å²) in [4.78, 5) is 11.1. The maximum absolute atomic E-state index is 11.1. The summed E-state index contributed by atoms with van der Waals surface area (Å²) in [7, 11) is 1.64. The van der Waals surface area contributed by atoms with Gasteiger partial charge in [0, 0.05) is 13.7 Å². The van der Waals surface area contributed by atoms with Crippen LogP contribution in [0, 0.1) is 0 Å². The molecule has 0 aliphatic heterocycles. The molecule has 144 valence electrons. The van der Waals surface area contributed by atoms with Crippen LogP contribution < -0.4 is 0 Å². The Hall–Kier alpha value is -1.31. The Morgan fingerprint density at radius 3 is 2.56 bits per heavy atom. The summed E-state index contributed by atoms with van der Waals surface area (Å²) in [6.45, 7) is 11.7. The average molecular weight is 355 g/mol. The van der Waals surface area contributed by atoms with E-state index in [0.717, 1.165) is 31.5 Å². The number of Topliss-reactive ketones (excluding diaryl/α,β-unsaturated/α-hetero) is 1. The highest BCUT2D eigenvalue weighted by Gasteiger charge is 2.25. The van der Waals surface area contributed by atoms with E-state index in [2.05, 4.69) is 24.2 Å². The lowest BCUT2D eigenvalue weighted by atomic mass is 9.98. The van der Waals surface area contributed by atoms with Gasteiger partial charge in [-0.1, -0.05) is 12.1 Å². The van der Waals surface area contributed by atoms with Crippen molar-refractivity contribution in [3.63, 3.8) is 0 Å².